The van der Waals surface area contributed by atoms with Gasteiger partial charge in [0.15, 0.2) is 0 Å². The molecule has 74 valence electrons. The number of benzene rings is 1. The molecule has 0 saturated heterocycles. The summed E-state index contributed by atoms with van der Waals surface area (Å²) in [5, 5.41) is 2.82. The second kappa shape index (κ2) is 3.21. The summed E-state index contributed by atoms with van der Waals surface area (Å²) in [5.41, 5.74) is 14.3. The minimum Gasteiger partial charge on any atom is -0.397 e. The van der Waals surface area contributed by atoms with E-state index in [0.29, 0.717) is 17.8 Å². The molecule has 0 aromatic heterocycles. The maximum absolute atomic E-state index is 11.3. The van der Waals surface area contributed by atoms with Crippen LogP contribution in [-0.2, 0) is 11.2 Å². The minimum absolute atomic E-state index is 0.0490. The summed E-state index contributed by atoms with van der Waals surface area (Å²) in [5.74, 6) is 0.0490. The van der Waals surface area contributed by atoms with Crippen LogP contribution in [0.4, 0.5) is 17.1 Å². The molecule has 1 amide bonds. The highest BCUT2D eigenvalue weighted by molar-refractivity contribution is 5.93. The van der Waals surface area contributed by atoms with Crippen molar-refractivity contribution in [3.8, 4) is 0 Å². The predicted octanol–water partition coefficient (Wildman–Crippen LogP) is 1.13. The van der Waals surface area contributed by atoms with Crippen molar-refractivity contribution in [2.45, 2.75) is 19.3 Å². The molecule has 2 rings (SSSR count). The molecule has 14 heavy (non-hydrogen) atoms. The fourth-order valence-corrected chi connectivity index (χ4v) is 1.66. The minimum atomic E-state index is 0.0490. The third-order valence-corrected chi connectivity index (χ3v) is 2.43. The van der Waals surface area contributed by atoms with Gasteiger partial charge in [-0.3, -0.25) is 4.79 Å². The van der Waals surface area contributed by atoms with Gasteiger partial charge in [-0.05, 0) is 30.5 Å². The lowest BCUT2D eigenvalue weighted by atomic mass is 10.1. The Labute approximate surface area is 82.3 Å². The zero-order valence-corrected chi connectivity index (χ0v) is 7.84. The Morgan fingerprint density at radius 2 is 1.86 bits per heavy atom. The van der Waals surface area contributed by atoms with Crippen molar-refractivity contribution in [3.63, 3.8) is 0 Å². The number of rotatable bonds is 0. The fourth-order valence-electron chi connectivity index (χ4n) is 1.66. The molecule has 0 unspecified atom stereocenters. The summed E-state index contributed by atoms with van der Waals surface area (Å²) in [6, 6.07) is 3.57. The average Bonchev–Trinajstić information content (AvgIpc) is 2.28. The van der Waals surface area contributed by atoms with Crippen LogP contribution in [0.25, 0.3) is 0 Å². The molecule has 0 radical (unpaired) electrons. The van der Waals surface area contributed by atoms with Crippen LogP contribution >= 0.6 is 0 Å². The Morgan fingerprint density at radius 1 is 1.14 bits per heavy atom. The first-order chi connectivity index (χ1) is 6.66. The maximum Gasteiger partial charge on any atom is 0.224 e. The van der Waals surface area contributed by atoms with Crippen LogP contribution in [0.15, 0.2) is 12.1 Å². The van der Waals surface area contributed by atoms with E-state index in [1.807, 2.05) is 6.07 Å². The van der Waals surface area contributed by atoms with E-state index in [2.05, 4.69) is 5.32 Å². The number of amides is 1. The Morgan fingerprint density at radius 3 is 2.64 bits per heavy atom. The summed E-state index contributed by atoms with van der Waals surface area (Å²) in [6.07, 6.45) is 2.30. The number of fused-ring (bicyclic) bond motifs is 1. The van der Waals surface area contributed by atoms with E-state index in [1.54, 1.807) is 6.07 Å². The van der Waals surface area contributed by atoms with Gasteiger partial charge in [-0.15, -0.1) is 0 Å². The van der Waals surface area contributed by atoms with Gasteiger partial charge in [0, 0.05) is 12.1 Å². The molecule has 0 spiro atoms. The van der Waals surface area contributed by atoms with E-state index in [9.17, 15) is 4.79 Å². The third kappa shape index (κ3) is 1.51. The molecule has 0 atom stereocenters. The first-order valence-electron chi connectivity index (χ1n) is 4.64. The van der Waals surface area contributed by atoms with Crippen LogP contribution in [0.2, 0.25) is 0 Å². The maximum atomic E-state index is 11.3. The highest BCUT2D eigenvalue weighted by atomic mass is 16.1. The normalized spacial score (nSPS) is 15.6. The lowest BCUT2D eigenvalue weighted by Crippen LogP contribution is -2.09. The number of anilines is 3. The molecule has 0 aliphatic carbocycles. The molecule has 0 bridgehead atoms. The zero-order valence-electron chi connectivity index (χ0n) is 7.84. The summed E-state index contributed by atoms with van der Waals surface area (Å²) in [7, 11) is 0. The molecule has 1 aliphatic rings. The number of nitrogens with one attached hydrogen (secondary N) is 1. The van der Waals surface area contributed by atoms with Crippen LogP contribution in [-0.4, -0.2) is 5.91 Å². The average molecular weight is 191 g/mol. The van der Waals surface area contributed by atoms with Gasteiger partial charge in [0.1, 0.15) is 0 Å². The van der Waals surface area contributed by atoms with Crippen LogP contribution in [0.3, 0.4) is 0 Å². The molecular weight excluding hydrogens is 178 g/mol. The van der Waals surface area contributed by atoms with Crippen LogP contribution in [0.1, 0.15) is 18.4 Å². The number of aryl methyl sites for hydroxylation is 1. The van der Waals surface area contributed by atoms with Gasteiger partial charge in [-0.25, -0.2) is 0 Å². The number of carbonyl (C=O) groups excluding carboxylic acids is 1. The Bertz CT molecular complexity index is 387. The van der Waals surface area contributed by atoms with Crippen molar-refractivity contribution in [2.75, 3.05) is 16.8 Å². The van der Waals surface area contributed by atoms with Crippen molar-refractivity contribution in [3.05, 3.63) is 17.7 Å². The number of hydrogen-bond donors (Lipinski definition) is 3. The Balaban J connectivity index is 2.46. The lowest BCUT2D eigenvalue weighted by molar-refractivity contribution is -0.116. The molecule has 1 aromatic rings. The van der Waals surface area contributed by atoms with Gasteiger partial charge in [-0.2, -0.15) is 0 Å². The van der Waals surface area contributed by atoms with Crippen molar-refractivity contribution in [1.82, 2.24) is 0 Å². The lowest BCUT2D eigenvalue weighted by Gasteiger charge is -2.09. The van der Waals surface area contributed by atoms with Crippen molar-refractivity contribution >= 4 is 23.0 Å². The largest absolute Gasteiger partial charge is 0.397 e. The molecular formula is C10H13N3O. The zero-order chi connectivity index (χ0) is 10.1. The topological polar surface area (TPSA) is 81.1 Å². The highest BCUT2D eigenvalue weighted by Crippen LogP contribution is 2.28. The molecule has 1 aliphatic heterocycles. The van der Waals surface area contributed by atoms with Crippen molar-refractivity contribution in [1.29, 1.82) is 0 Å². The monoisotopic (exact) mass is 191 g/mol. The number of carbonyl (C=O) groups is 1. The van der Waals surface area contributed by atoms with Crippen LogP contribution < -0.4 is 16.8 Å². The fraction of sp³-hybridized carbons (Fsp3) is 0.300. The van der Waals surface area contributed by atoms with E-state index >= 15 is 0 Å². The van der Waals surface area contributed by atoms with E-state index in [0.717, 1.165) is 24.1 Å². The highest BCUT2D eigenvalue weighted by Gasteiger charge is 2.13. The predicted molar refractivity (Wildman–Crippen MR) is 56.8 cm³/mol. The first kappa shape index (κ1) is 8.87. The van der Waals surface area contributed by atoms with Gasteiger partial charge in [0.25, 0.3) is 0 Å². The molecule has 4 heteroatoms. The van der Waals surface area contributed by atoms with E-state index in [1.165, 1.54) is 0 Å². The van der Waals surface area contributed by atoms with Gasteiger partial charge < -0.3 is 16.8 Å². The summed E-state index contributed by atoms with van der Waals surface area (Å²) in [4.78, 5) is 11.3. The van der Waals surface area contributed by atoms with E-state index in [-0.39, 0.29) is 5.91 Å². The van der Waals surface area contributed by atoms with E-state index < -0.39 is 0 Å². The second-order valence-electron chi connectivity index (χ2n) is 3.54. The number of nitrogen functional groups attached to an aromatic ring is 2. The quantitative estimate of drug-likeness (QED) is 0.537. The molecule has 4 nitrogen and oxygen atoms in total. The van der Waals surface area contributed by atoms with Gasteiger partial charge >= 0.3 is 0 Å². The van der Waals surface area contributed by atoms with Crippen molar-refractivity contribution < 1.29 is 4.79 Å². The van der Waals surface area contributed by atoms with Crippen LogP contribution in [0, 0.1) is 0 Å². The SMILES string of the molecule is Nc1cc2c(cc1N)NC(=O)CCC2. The smallest absolute Gasteiger partial charge is 0.224 e. The summed E-state index contributed by atoms with van der Waals surface area (Å²) < 4.78 is 0. The Hall–Kier alpha value is -1.71. The van der Waals surface area contributed by atoms with Gasteiger partial charge in [0.05, 0.1) is 11.4 Å². The number of nitrogens with two attached hydrogens (primary N) is 2. The Kier molecular flexibility index (Phi) is 2.04. The standard InChI is InChI=1S/C10H13N3O/c11-7-4-6-2-1-3-10(14)13-9(6)5-8(7)12/h4-5H,1-3,11-12H2,(H,13,14). The first-order valence-corrected chi connectivity index (χ1v) is 4.64. The summed E-state index contributed by atoms with van der Waals surface area (Å²) >= 11 is 0. The van der Waals surface area contributed by atoms with Crippen molar-refractivity contribution in [2.24, 2.45) is 0 Å². The molecule has 0 fully saturated rings. The van der Waals surface area contributed by atoms with Gasteiger partial charge in [0.2, 0.25) is 5.91 Å². The number of hydrogen-bond acceptors (Lipinski definition) is 3. The second-order valence-corrected chi connectivity index (χ2v) is 3.54. The molecule has 1 aromatic carbocycles. The third-order valence-electron chi connectivity index (χ3n) is 2.43. The van der Waals surface area contributed by atoms with Gasteiger partial charge in [-0.1, -0.05) is 0 Å². The molecule has 1 heterocycles. The molecule has 0 saturated carbocycles. The summed E-state index contributed by atoms with van der Waals surface area (Å²) in [6.45, 7) is 0. The molecule has 5 N–H and O–H groups in total. The van der Waals surface area contributed by atoms with Crippen LogP contribution in [0.5, 0.6) is 0 Å². The van der Waals surface area contributed by atoms with E-state index in [4.69, 9.17) is 11.5 Å².